The van der Waals surface area contributed by atoms with Crippen LogP contribution < -0.4 is 15.8 Å². The first kappa shape index (κ1) is 14.4. The number of pyridine rings is 1. The van der Waals surface area contributed by atoms with Gasteiger partial charge in [-0.05, 0) is 17.5 Å². The van der Waals surface area contributed by atoms with E-state index in [2.05, 4.69) is 10.3 Å². The van der Waals surface area contributed by atoms with E-state index in [0.717, 1.165) is 0 Å². The number of nitrogens with zero attached hydrogens (tertiary/aromatic N) is 1. The average molecular weight is 251 g/mol. The number of amides is 1. The van der Waals surface area contributed by atoms with E-state index in [1.807, 2.05) is 20.8 Å². The van der Waals surface area contributed by atoms with Gasteiger partial charge in [-0.15, -0.1) is 0 Å². The van der Waals surface area contributed by atoms with Crippen molar-refractivity contribution in [2.45, 2.75) is 33.2 Å². The number of nitrogens with one attached hydrogen (secondary N) is 1. The number of nitrogens with two attached hydrogens (primary N) is 1. The Labute approximate surface area is 108 Å². The number of carbonyl (C=O) groups excluding carboxylic acids is 1. The molecule has 0 aliphatic carbocycles. The second kappa shape index (κ2) is 5.82. The highest BCUT2D eigenvalue weighted by Gasteiger charge is 2.23. The van der Waals surface area contributed by atoms with Crippen LogP contribution in [0, 0.1) is 5.41 Å². The van der Waals surface area contributed by atoms with Gasteiger partial charge >= 0.3 is 0 Å². The van der Waals surface area contributed by atoms with Gasteiger partial charge in [0.15, 0.2) is 0 Å². The lowest BCUT2D eigenvalue weighted by Crippen LogP contribution is -2.38. The quantitative estimate of drug-likeness (QED) is 0.855. The van der Waals surface area contributed by atoms with E-state index in [9.17, 15) is 4.79 Å². The van der Waals surface area contributed by atoms with Gasteiger partial charge in [-0.2, -0.15) is 0 Å². The second-order valence-corrected chi connectivity index (χ2v) is 5.29. The molecule has 5 heteroatoms. The van der Waals surface area contributed by atoms with E-state index in [0.29, 0.717) is 11.6 Å². The van der Waals surface area contributed by atoms with E-state index >= 15 is 0 Å². The van der Waals surface area contributed by atoms with Crippen molar-refractivity contribution >= 4 is 11.6 Å². The molecule has 0 bridgehead atoms. The predicted octanol–water partition coefficient (Wildman–Crippen LogP) is 1.79. The van der Waals surface area contributed by atoms with Crippen LogP contribution in [0.4, 0.5) is 5.69 Å². The molecule has 0 aliphatic heterocycles. The minimum atomic E-state index is -0.194. The summed E-state index contributed by atoms with van der Waals surface area (Å²) in [6.07, 6.45) is 1.87. The fraction of sp³-hybridized carbons (Fsp3) is 0.538. The smallest absolute Gasteiger partial charge is 0.237 e. The van der Waals surface area contributed by atoms with Crippen LogP contribution in [0.1, 0.15) is 27.2 Å². The van der Waals surface area contributed by atoms with Crippen LogP contribution in [-0.2, 0) is 4.79 Å². The van der Waals surface area contributed by atoms with E-state index in [1.165, 1.54) is 7.11 Å². The zero-order valence-corrected chi connectivity index (χ0v) is 11.4. The first-order valence-electron chi connectivity index (χ1n) is 5.89. The highest BCUT2D eigenvalue weighted by atomic mass is 16.5. The number of ether oxygens (including phenoxy) is 1. The van der Waals surface area contributed by atoms with Gasteiger partial charge in [-0.1, -0.05) is 20.8 Å². The number of methoxy groups -OCH3 is 1. The van der Waals surface area contributed by atoms with Crippen LogP contribution in [0.5, 0.6) is 5.88 Å². The number of rotatable bonds is 4. The number of aromatic nitrogens is 1. The van der Waals surface area contributed by atoms with Crippen molar-refractivity contribution in [1.82, 2.24) is 4.98 Å². The van der Waals surface area contributed by atoms with Crippen molar-refractivity contribution in [2.24, 2.45) is 11.1 Å². The van der Waals surface area contributed by atoms with Gasteiger partial charge in [-0.3, -0.25) is 4.79 Å². The Balaban J connectivity index is 2.65. The maximum absolute atomic E-state index is 11.9. The Morgan fingerprint density at radius 1 is 1.56 bits per heavy atom. The van der Waals surface area contributed by atoms with Crippen molar-refractivity contribution in [3.8, 4) is 5.88 Å². The van der Waals surface area contributed by atoms with Crippen LogP contribution in [0.15, 0.2) is 18.3 Å². The molecule has 0 fully saturated rings. The lowest BCUT2D eigenvalue weighted by molar-refractivity contribution is -0.117. The van der Waals surface area contributed by atoms with Crippen LogP contribution in [0.3, 0.4) is 0 Å². The molecule has 0 radical (unpaired) electrons. The number of hydrogen-bond donors (Lipinski definition) is 2. The molecule has 1 amide bonds. The van der Waals surface area contributed by atoms with E-state index in [-0.39, 0.29) is 23.8 Å². The van der Waals surface area contributed by atoms with Gasteiger partial charge in [0.1, 0.15) is 5.69 Å². The lowest BCUT2D eigenvalue weighted by atomic mass is 9.85. The van der Waals surface area contributed by atoms with Gasteiger partial charge in [0.25, 0.3) is 0 Å². The molecule has 0 saturated heterocycles. The summed E-state index contributed by atoms with van der Waals surface area (Å²) < 4.78 is 5.06. The monoisotopic (exact) mass is 251 g/mol. The summed E-state index contributed by atoms with van der Waals surface area (Å²) in [6, 6.07) is 3.29. The van der Waals surface area contributed by atoms with Crippen LogP contribution in [0.25, 0.3) is 0 Å². The molecule has 3 N–H and O–H groups in total. The van der Waals surface area contributed by atoms with E-state index in [1.54, 1.807) is 18.3 Å². The minimum absolute atomic E-state index is 0.101. The van der Waals surface area contributed by atoms with Crippen molar-refractivity contribution in [1.29, 1.82) is 0 Å². The molecule has 0 saturated carbocycles. The standard InChI is InChI=1S/C13H21N3O2/c1-13(2,3)10(14)8-11(17)16-9-6-5-7-15-12(9)18-4/h5-7,10H,8,14H2,1-4H3,(H,16,17). The molecular weight excluding hydrogens is 230 g/mol. The predicted molar refractivity (Wildman–Crippen MR) is 71.5 cm³/mol. The third kappa shape index (κ3) is 4.00. The summed E-state index contributed by atoms with van der Waals surface area (Å²) in [5.74, 6) is 0.263. The molecule has 0 aromatic carbocycles. The van der Waals surface area contributed by atoms with Gasteiger partial charge < -0.3 is 15.8 Å². The van der Waals surface area contributed by atoms with Crippen molar-refractivity contribution in [3.05, 3.63) is 18.3 Å². The zero-order valence-electron chi connectivity index (χ0n) is 11.4. The zero-order chi connectivity index (χ0) is 13.8. The van der Waals surface area contributed by atoms with Gasteiger partial charge in [-0.25, -0.2) is 4.98 Å². The molecule has 1 atom stereocenters. The highest BCUT2D eigenvalue weighted by molar-refractivity contribution is 5.92. The summed E-state index contributed by atoms with van der Waals surface area (Å²) in [5.41, 5.74) is 6.43. The second-order valence-electron chi connectivity index (χ2n) is 5.29. The fourth-order valence-corrected chi connectivity index (χ4v) is 1.36. The van der Waals surface area contributed by atoms with Crippen molar-refractivity contribution < 1.29 is 9.53 Å². The van der Waals surface area contributed by atoms with E-state index < -0.39 is 0 Å². The third-order valence-electron chi connectivity index (χ3n) is 2.76. The first-order valence-corrected chi connectivity index (χ1v) is 5.89. The number of carbonyl (C=O) groups is 1. The maximum atomic E-state index is 11.9. The Kier molecular flexibility index (Phi) is 4.67. The number of hydrogen-bond acceptors (Lipinski definition) is 4. The summed E-state index contributed by atoms with van der Waals surface area (Å²) in [6.45, 7) is 6.03. The Hall–Kier alpha value is -1.62. The lowest BCUT2D eigenvalue weighted by Gasteiger charge is -2.26. The Bertz CT molecular complexity index is 413. The molecule has 1 heterocycles. The summed E-state index contributed by atoms with van der Waals surface area (Å²) >= 11 is 0. The van der Waals surface area contributed by atoms with Crippen LogP contribution in [0.2, 0.25) is 0 Å². The summed E-state index contributed by atoms with van der Waals surface area (Å²) in [5, 5.41) is 2.76. The van der Waals surface area contributed by atoms with Crippen molar-refractivity contribution in [3.63, 3.8) is 0 Å². The van der Waals surface area contributed by atoms with Crippen molar-refractivity contribution in [2.75, 3.05) is 12.4 Å². The molecule has 1 aromatic rings. The minimum Gasteiger partial charge on any atom is -0.480 e. The highest BCUT2D eigenvalue weighted by Crippen LogP contribution is 2.22. The van der Waals surface area contributed by atoms with Crippen LogP contribution in [-0.4, -0.2) is 24.0 Å². The maximum Gasteiger partial charge on any atom is 0.237 e. The summed E-state index contributed by atoms with van der Waals surface area (Å²) in [4.78, 5) is 15.9. The van der Waals surface area contributed by atoms with Crippen LogP contribution >= 0.6 is 0 Å². The van der Waals surface area contributed by atoms with Gasteiger partial charge in [0.2, 0.25) is 11.8 Å². The SMILES string of the molecule is COc1ncccc1NC(=O)CC(N)C(C)(C)C. The Morgan fingerprint density at radius 3 is 2.78 bits per heavy atom. The molecular formula is C13H21N3O2. The normalized spacial score (nSPS) is 12.9. The molecule has 1 aromatic heterocycles. The van der Waals surface area contributed by atoms with Gasteiger partial charge in [0.05, 0.1) is 7.11 Å². The average Bonchev–Trinajstić information content (AvgIpc) is 2.28. The fourth-order valence-electron chi connectivity index (χ4n) is 1.36. The van der Waals surface area contributed by atoms with Gasteiger partial charge in [0, 0.05) is 18.7 Å². The largest absolute Gasteiger partial charge is 0.480 e. The van der Waals surface area contributed by atoms with E-state index in [4.69, 9.17) is 10.5 Å². The number of anilines is 1. The molecule has 18 heavy (non-hydrogen) atoms. The molecule has 1 unspecified atom stereocenters. The molecule has 100 valence electrons. The molecule has 0 aliphatic rings. The molecule has 1 rings (SSSR count). The third-order valence-corrected chi connectivity index (χ3v) is 2.76. The molecule has 0 spiro atoms. The summed E-state index contributed by atoms with van der Waals surface area (Å²) in [7, 11) is 1.51. The Morgan fingerprint density at radius 2 is 2.22 bits per heavy atom. The first-order chi connectivity index (χ1) is 8.34. The topological polar surface area (TPSA) is 77.2 Å². The molecule has 5 nitrogen and oxygen atoms in total.